The van der Waals surface area contributed by atoms with Crippen molar-refractivity contribution in [2.75, 3.05) is 13.2 Å². The largest absolute Gasteiger partial charge is 0.458 e. The van der Waals surface area contributed by atoms with Crippen LogP contribution in [0.1, 0.15) is 32.9 Å². The summed E-state index contributed by atoms with van der Waals surface area (Å²) in [5.74, 6) is -0.388. The highest BCUT2D eigenvalue weighted by atomic mass is 79.9. The standard InChI is InChI=1S/C15H19BrN2O4/c1-15(2,3)21-14(19)9-20-8-11-6-13(18-22-11)12-5-4-10(16)7-17-12/h4-5,7,11H,6,8-9H2,1-3H3. The Hall–Kier alpha value is -1.47. The molecule has 2 heterocycles. The van der Waals surface area contributed by atoms with Gasteiger partial charge in [-0.3, -0.25) is 4.98 Å². The Balaban J connectivity index is 1.72. The molecule has 1 aliphatic heterocycles. The van der Waals surface area contributed by atoms with E-state index in [1.807, 2.05) is 32.9 Å². The van der Waals surface area contributed by atoms with Gasteiger partial charge in [0.2, 0.25) is 0 Å². The number of nitrogens with zero attached hydrogens (tertiary/aromatic N) is 2. The average molecular weight is 371 g/mol. The number of halogens is 1. The zero-order chi connectivity index (χ0) is 16.2. The van der Waals surface area contributed by atoms with Crippen LogP contribution in [-0.2, 0) is 19.1 Å². The Morgan fingerprint density at radius 1 is 1.45 bits per heavy atom. The normalized spacial score (nSPS) is 17.8. The van der Waals surface area contributed by atoms with Crippen LogP contribution in [0.25, 0.3) is 0 Å². The van der Waals surface area contributed by atoms with Gasteiger partial charge >= 0.3 is 5.97 Å². The molecule has 1 aliphatic rings. The van der Waals surface area contributed by atoms with Gasteiger partial charge in [-0.15, -0.1) is 0 Å². The average Bonchev–Trinajstić information content (AvgIpc) is 2.86. The summed E-state index contributed by atoms with van der Waals surface area (Å²) in [6.45, 7) is 5.63. The zero-order valence-corrected chi connectivity index (χ0v) is 14.4. The van der Waals surface area contributed by atoms with Crippen LogP contribution in [0.2, 0.25) is 0 Å². The third kappa shape index (κ3) is 5.38. The molecule has 120 valence electrons. The fraction of sp³-hybridized carbons (Fsp3) is 0.533. The van der Waals surface area contributed by atoms with E-state index in [2.05, 4.69) is 26.1 Å². The summed E-state index contributed by atoms with van der Waals surface area (Å²) in [5, 5.41) is 4.02. The number of ether oxygens (including phenoxy) is 2. The quantitative estimate of drug-likeness (QED) is 0.745. The molecule has 1 unspecified atom stereocenters. The van der Waals surface area contributed by atoms with Crippen LogP contribution in [0.3, 0.4) is 0 Å². The Morgan fingerprint density at radius 2 is 2.23 bits per heavy atom. The minimum absolute atomic E-state index is 0.0942. The van der Waals surface area contributed by atoms with E-state index in [-0.39, 0.29) is 25.3 Å². The fourth-order valence-electron chi connectivity index (χ4n) is 1.86. The number of hydrogen-bond acceptors (Lipinski definition) is 6. The number of pyridine rings is 1. The van der Waals surface area contributed by atoms with E-state index in [1.54, 1.807) is 6.20 Å². The summed E-state index contributed by atoms with van der Waals surface area (Å²) in [7, 11) is 0. The van der Waals surface area contributed by atoms with Gasteiger partial charge in [-0.25, -0.2) is 4.79 Å². The van der Waals surface area contributed by atoms with Crippen LogP contribution in [0.15, 0.2) is 28.0 Å². The Kier molecular flexibility index (Phi) is 5.52. The number of esters is 1. The molecule has 0 radical (unpaired) electrons. The molecule has 0 amide bonds. The van der Waals surface area contributed by atoms with Gasteiger partial charge in [0, 0.05) is 17.1 Å². The Morgan fingerprint density at radius 3 is 2.86 bits per heavy atom. The first-order valence-corrected chi connectivity index (χ1v) is 7.77. The van der Waals surface area contributed by atoms with E-state index in [0.717, 1.165) is 15.9 Å². The van der Waals surface area contributed by atoms with E-state index in [4.69, 9.17) is 14.3 Å². The lowest BCUT2D eigenvalue weighted by atomic mass is 10.1. The van der Waals surface area contributed by atoms with Crippen molar-refractivity contribution in [3.05, 3.63) is 28.5 Å². The summed E-state index contributed by atoms with van der Waals surface area (Å²) in [4.78, 5) is 21.1. The van der Waals surface area contributed by atoms with Crippen LogP contribution in [0.4, 0.5) is 0 Å². The molecule has 0 saturated heterocycles. The maximum atomic E-state index is 11.5. The number of hydrogen-bond donors (Lipinski definition) is 0. The SMILES string of the molecule is CC(C)(C)OC(=O)COCC1CC(c2ccc(Br)cn2)=NO1. The molecular formula is C15H19BrN2O4. The Bertz CT molecular complexity index is 552. The molecule has 1 atom stereocenters. The molecule has 1 aromatic rings. The lowest BCUT2D eigenvalue weighted by molar-refractivity contribution is -0.161. The van der Waals surface area contributed by atoms with Crippen molar-refractivity contribution < 1.29 is 19.1 Å². The van der Waals surface area contributed by atoms with Crippen molar-refractivity contribution in [3.8, 4) is 0 Å². The number of carbonyl (C=O) groups is 1. The summed E-state index contributed by atoms with van der Waals surface area (Å²) in [6, 6.07) is 3.77. The lowest BCUT2D eigenvalue weighted by Crippen LogP contribution is -2.28. The second-order valence-corrected chi connectivity index (χ2v) is 6.85. The van der Waals surface area contributed by atoms with Gasteiger partial charge in [-0.1, -0.05) is 5.16 Å². The monoisotopic (exact) mass is 370 g/mol. The molecule has 0 bridgehead atoms. The predicted octanol–water partition coefficient (Wildman–Crippen LogP) is 2.70. The van der Waals surface area contributed by atoms with Crippen LogP contribution >= 0.6 is 15.9 Å². The maximum Gasteiger partial charge on any atom is 0.332 e. The van der Waals surface area contributed by atoms with E-state index in [1.165, 1.54) is 0 Å². The molecule has 0 spiro atoms. The minimum Gasteiger partial charge on any atom is -0.458 e. The van der Waals surface area contributed by atoms with Gasteiger partial charge < -0.3 is 14.3 Å². The molecule has 22 heavy (non-hydrogen) atoms. The van der Waals surface area contributed by atoms with E-state index < -0.39 is 5.60 Å². The molecule has 0 fully saturated rings. The molecule has 0 aliphatic carbocycles. The topological polar surface area (TPSA) is 70.0 Å². The lowest BCUT2D eigenvalue weighted by Gasteiger charge is -2.19. The molecule has 2 rings (SSSR count). The van der Waals surface area contributed by atoms with Gasteiger partial charge in [0.1, 0.15) is 17.9 Å². The summed E-state index contributed by atoms with van der Waals surface area (Å²) >= 11 is 3.34. The van der Waals surface area contributed by atoms with Crippen molar-refractivity contribution in [2.45, 2.75) is 38.9 Å². The third-order valence-corrected chi connectivity index (χ3v) is 3.17. The first-order chi connectivity index (χ1) is 10.3. The van der Waals surface area contributed by atoms with Crippen LogP contribution in [0, 0.1) is 0 Å². The van der Waals surface area contributed by atoms with Crippen LogP contribution in [-0.4, -0.2) is 41.6 Å². The highest BCUT2D eigenvalue weighted by molar-refractivity contribution is 9.10. The Labute approximate surface area is 138 Å². The fourth-order valence-corrected chi connectivity index (χ4v) is 2.09. The van der Waals surface area contributed by atoms with Gasteiger partial charge in [0.15, 0.2) is 6.10 Å². The van der Waals surface area contributed by atoms with E-state index in [9.17, 15) is 4.79 Å². The molecule has 1 aromatic heterocycles. The van der Waals surface area contributed by atoms with Crippen molar-refractivity contribution in [1.29, 1.82) is 0 Å². The van der Waals surface area contributed by atoms with E-state index in [0.29, 0.717) is 6.42 Å². The second kappa shape index (κ2) is 7.19. The predicted molar refractivity (Wildman–Crippen MR) is 84.6 cm³/mol. The molecule has 0 N–H and O–H groups in total. The maximum absolute atomic E-state index is 11.5. The highest BCUT2D eigenvalue weighted by Gasteiger charge is 2.24. The summed E-state index contributed by atoms with van der Waals surface area (Å²) in [6.07, 6.45) is 2.11. The summed E-state index contributed by atoms with van der Waals surface area (Å²) < 4.78 is 11.4. The van der Waals surface area contributed by atoms with Gasteiger partial charge in [0.05, 0.1) is 12.3 Å². The van der Waals surface area contributed by atoms with Crippen LogP contribution in [0.5, 0.6) is 0 Å². The van der Waals surface area contributed by atoms with Crippen molar-refractivity contribution >= 4 is 27.6 Å². The van der Waals surface area contributed by atoms with E-state index >= 15 is 0 Å². The van der Waals surface area contributed by atoms with Crippen molar-refractivity contribution in [2.24, 2.45) is 5.16 Å². The van der Waals surface area contributed by atoms with Gasteiger partial charge in [-0.05, 0) is 48.8 Å². The van der Waals surface area contributed by atoms with Gasteiger partial charge in [0.25, 0.3) is 0 Å². The van der Waals surface area contributed by atoms with Crippen molar-refractivity contribution in [1.82, 2.24) is 4.98 Å². The minimum atomic E-state index is -0.506. The number of rotatable bonds is 5. The highest BCUT2D eigenvalue weighted by Crippen LogP contribution is 2.17. The first kappa shape index (κ1) is 16.9. The number of oxime groups is 1. The van der Waals surface area contributed by atoms with Crippen LogP contribution < -0.4 is 0 Å². The number of aromatic nitrogens is 1. The third-order valence-electron chi connectivity index (χ3n) is 2.70. The molecule has 7 heteroatoms. The molecule has 0 saturated carbocycles. The summed E-state index contributed by atoms with van der Waals surface area (Å²) in [5.41, 5.74) is 1.05. The smallest absolute Gasteiger partial charge is 0.332 e. The molecule has 6 nitrogen and oxygen atoms in total. The van der Waals surface area contributed by atoms with Gasteiger partial charge in [-0.2, -0.15) is 0 Å². The second-order valence-electron chi connectivity index (χ2n) is 5.93. The van der Waals surface area contributed by atoms with Crippen molar-refractivity contribution in [3.63, 3.8) is 0 Å². The molecular weight excluding hydrogens is 352 g/mol. The number of carbonyl (C=O) groups excluding carboxylic acids is 1. The molecule has 0 aromatic carbocycles. The first-order valence-electron chi connectivity index (χ1n) is 6.98. The zero-order valence-electron chi connectivity index (χ0n) is 12.8.